The van der Waals surface area contributed by atoms with Crippen LogP contribution in [0, 0.1) is 0 Å². The van der Waals surface area contributed by atoms with Gasteiger partial charge in [0.15, 0.2) is 64.0 Å². The van der Waals surface area contributed by atoms with Crippen molar-refractivity contribution in [1.82, 2.24) is 0 Å². The predicted molar refractivity (Wildman–Crippen MR) is 175 cm³/mol. The molecule has 2 aliphatic heterocycles. The average Bonchev–Trinajstić information content (AvgIpc) is 3.18. The van der Waals surface area contributed by atoms with Gasteiger partial charge in [0.1, 0.15) is 24.4 Å². The highest BCUT2D eigenvalue weighted by molar-refractivity contribution is 6.08. The molecule has 57 heavy (non-hydrogen) atoms. The van der Waals surface area contributed by atoms with Crippen LogP contribution in [-0.2, 0) is 23.7 Å². The zero-order valence-corrected chi connectivity index (χ0v) is 27.9. The number of ether oxygens (including phenoxy) is 5. The van der Waals surface area contributed by atoms with Crippen LogP contribution < -0.4 is 0 Å². The molecule has 23 heteroatoms. The highest BCUT2D eigenvalue weighted by atomic mass is 16.7. The third-order valence-corrected chi connectivity index (χ3v) is 8.66. The maximum absolute atomic E-state index is 13.9. The number of phenols is 13. The van der Waals surface area contributed by atoms with Gasteiger partial charge in [-0.1, -0.05) is 0 Å². The Morgan fingerprint density at radius 2 is 1.05 bits per heavy atom. The van der Waals surface area contributed by atoms with E-state index in [0.29, 0.717) is 30.3 Å². The lowest BCUT2D eigenvalue weighted by Crippen LogP contribution is -2.62. The summed E-state index contributed by atoms with van der Waals surface area (Å²) in [5, 5.41) is 144. The highest BCUT2D eigenvalue weighted by Crippen LogP contribution is 2.53. The number of carbonyl (C=O) groups excluding carboxylic acids is 4. The Hall–Kier alpha value is -7.92. The predicted octanol–water partition coefficient (Wildman–Crippen LogP) is 0.391. The highest BCUT2D eigenvalue weighted by Gasteiger charge is 2.53. The summed E-state index contributed by atoms with van der Waals surface area (Å²) in [6.07, 6.45) is -11.5. The number of aliphatic hydroxyl groups is 1. The first-order chi connectivity index (χ1) is 26.7. The second-order valence-electron chi connectivity index (χ2n) is 12.2. The Morgan fingerprint density at radius 1 is 0.561 bits per heavy atom. The number of phenolic OH excluding ortho intramolecular Hbond substituents is 13. The fourth-order valence-corrected chi connectivity index (χ4v) is 5.81. The number of hydrogen-bond donors (Lipinski definition) is 14. The topological polar surface area (TPSA) is 398 Å². The zero-order chi connectivity index (χ0) is 41.9. The summed E-state index contributed by atoms with van der Waals surface area (Å²) in [7, 11) is 0. The van der Waals surface area contributed by atoms with Crippen LogP contribution in [0.25, 0.3) is 11.1 Å². The van der Waals surface area contributed by atoms with Crippen LogP contribution in [0.1, 0.15) is 41.4 Å². The molecule has 1 fully saturated rings. The quantitative estimate of drug-likeness (QED) is 0.0574. The number of rotatable bonds is 4. The molecule has 23 nitrogen and oxygen atoms in total. The van der Waals surface area contributed by atoms with E-state index in [1.165, 1.54) is 0 Å². The summed E-state index contributed by atoms with van der Waals surface area (Å²) in [5.74, 6) is -22.6. The van der Waals surface area contributed by atoms with Gasteiger partial charge in [0.25, 0.3) is 0 Å². The molecule has 4 aromatic rings. The molecule has 0 radical (unpaired) electrons. The van der Waals surface area contributed by atoms with Crippen LogP contribution >= 0.6 is 0 Å². The van der Waals surface area contributed by atoms with Crippen molar-refractivity contribution in [1.29, 1.82) is 0 Å². The summed E-state index contributed by atoms with van der Waals surface area (Å²) < 4.78 is 26.7. The van der Waals surface area contributed by atoms with E-state index in [9.17, 15) is 90.7 Å². The van der Waals surface area contributed by atoms with E-state index in [1.54, 1.807) is 0 Å². The Kier molecular flexibility index (Phi) is 9.57. The number of hydrogen-bond acceptors (Lipinski definition) is 23. The molecule has 0 unspecified atom stereocenters. The van der Waals surface area contributed by atoms with Gasteiger partial charge in [-0.2, -0.15) is 0 Å². The van der Waals surface area contributed by atoms with Crippen LogP contribution in [0.5, 0.6) is 74.7 Å². The first kappa shape index (κ1) is 38.8. The minimum atomic E-state index is -2.48. The van der Waals surface area contributed by atoms with Gasteiger partial charge in [-0.15, -0.1) is 0 Å². The van der Waals surface area contributed by atoms with Crippen molar-refractivity contribution in [2.45, 2.75) is 30.7 Å². The number of aromatic hydroxyl groups is 13. The average molecular weight is 803 g/mol. The molecule has 0 saturated carbocycles. The van der Waals surface area contributed by atoms with Crippen molar-refractivity contribution in [3.63, 3.8) is 0 Å². The molecule has 0 amide bonds. The molecular weight excluding hydrogens is 776 g/mol. The standard InChI is InChI=1S/C34H26O23/c35-11-1-7(2-12(36)20(11)41)30(49)56-29-27(48)28-16(54-34(29)57-33(52)10-5-15(39)23(44)26(47)19(10)40)6-53-31(50)8-3-13(37)21(42)24(45)17(8)18-9(32(51)55-28)4-14(38)22(43)25(18)46/h1-5,16,27-29,34-48H,6H2/t16-,27+,28-,29-,34+/m1/s1. The number of carbonyl (C=O) groups is 4. The van der Waals surface area contributed by atoms with Crippen LogP contribution in [-0.4, -0.2) is 133 Å². The van der Waals surface area contributed by atoms with E-state index in [1.807, 2.05) is 0 Å². The number of benzene rings is 4. The fourth-order valence-electron chi connectivity index (χ4n) is 5.81. The van der Waals surface area contributed by atoms with Gasteiger partial charge >= 0.3 is 23.9 Å². The lowest BCUT2D eigenvalue weighted by atomic mass is 9.92. The molecule has 4 aromatic carbocycles. The molecule has 14 N–H and O–H groups in total. The molecule has 1 saturated heterocycles. The Labute approximate surface area is 314 Å². The lowest BCUT2D eigenvalue weighted by Gasteiger charge is -2.42. The molecule has 6 rings (SSSR count). The summed E-state index contributed by atoms with van der Waals surface area (Å²) in [6.45, 7) is -1.14. The van der Waals surface area contributed by atoms with Gasteiger partial charge in [-0.3, -0.25) is 0 Å². The van der Waals surface area contributed by atoms with Gasteiger partial charge in [-0.05, 0) is 24.3 Å². The Morgan fingerprint density at radius 3 is 1.61 bits per heavy atom. The summed E-state index contributed by atoms with van der Waals surface area (Å²) >= 11 is 0. The van der Waals surface area contributed by atoms with Gasteiger partial charge in [0.2, 0.25) is 29.3 Å². The zero-order valence-electron chi connectivity index (χ0n) is 27.9. The third-order valence-electron chi connectivity index (χ3n) is 8.66. The molecular formula is C34H26O23. The first-order valence-corrected chi connectivity index (χ1v) is 15.6. The van der Waals surface area contributed by atoms with Crippen LogP contribution in [0.4, 0.5) is 0 Å². The van der Waals surface area contributed by atoms with E-state index in [0.717, 1.165) is 0 Å². The molecule has 2 heterocycles. The molecule has 0 bridgehead atoms. The molecule has 300 valence electrons. The van der Waals surface area contributed by atoms with Gasteiger partial charge in [-0.25, -0.2) is 19.2 Å². The molecule has 0 aliphatic carbocycles. The van der Waals surface area contributed by atoms with E-state index < -0.39 is 169 Å². The summed E-state index contributed by atoms with van der Waals surface area (Å²) in [5.41, 5.74) is -5.71. The first-order valence-electron chi connectivity index (χ1n) is 15.6. The lowest BCUT2D eigenvalue weighted by molar-refractivity contribution is -0.283. The fraction of sp³-hybridized carbons (Fsp3) is 0.176. The largest absolute Gasteiger partial charge is 0.504 e. The minimum Gasteiger partial charge on any atom is -0.504 e. The van der Waals surface area contributed by atoms with Gasteiger partial charge in [0.05, 0.1) is 16.7 Å². The second-order valence-corrected chi connectivity index (χ2v) is 12.2. The van der Waals surface area contributed by atoms with Crippen molar-refractivity contribution in [2.24, 2.45) is 0 Å². The molecule has 2 aliphatic rings. The van der Waals surface area contributed by atoms with Crippen molar-refractivity contribution < 1.29 is 114 Å². The summed E-state index contributed by atoms with van der Waals surface area (Å²) in [4.78, 5) is 53.9. The van der Waals surface area contributed by atoms with Gasteiger partial charge < -0.3 is 95.2 Å². The maximum Gasteiger partial charge on any atom is 0.344 e. The normalized spacial score (nSPS) is 20.4. The summed E-state index contributed by atoms with van der Waals surface area (Å²) in [6, 6.07) is 2.53. The van der Waals surface area contributed by atoms with Crippen molar-refractivity contribution in [3.8, 4) is 85.9 Å². The van der Waals surface area contributed by atoms with Crippen LogP contribution in [0.15, 0.2) is 30.3 Å². The number of fused-ring (bicyclic) bond motifs is 4. The number of cyclic esters (lactones) is 1. The monoisotopic (exact) mass is 802 g/mol. The molecule has 5 atom stereocenters. The molecule has 0 spiro atoms. The van der Waals surface area contributed by atoms with Gasteiger partial charge in [0, 0.05) is 17.2 Å². The minimum absolute atomic E-state index is 0.411. The van der Waals surface area contributed by atoms with E-state index >= 15 is 0 Å². The number of aliphatic hydroxyl groups excluding tert-OH is 1. The smallest absolute Gasteiger partial charge is 0.344 e. The van der Waals surface area contributed by atoms with Crippen molar-refractivity contribution in [2.75, 3.05) is 6.61 Å². The van der Waals surface area contributed by atoms with E-state index in [4.69, 9.17) is 23.7 Å². The Balaban J connectivity index is 1.47. The maximum atomic E-state index is 13.9. The van der Waals surface area contributed by atoms with Crippen LogP contribution in [0.2, 0.25) is 0 Å². The van der Waals surface area contributed by atoms with E-state index in [2.05, 4.69) is 0 Å². The van der Waals surface area contributed by atoms with E-state index in [-0.39, 0.29) is 0 Å². The van der Waals surface area contributed by atoms with Crippen molar-refractivity contribution in [3.05, 3.63) is 52.6 Å². The third kappa shape index (κ3) is 6.53. The second kappa shape index (κ2) is 14.1. The van der Waals surface area contributed by atoms with Crippen LogP contribution in [0.3, 0.4) is 0 Å². The Bertz CT molecular complexity index is 2360. The van der Waals surface area contributed by atoms with Crippen molar-refractivity contribution >= 4 is 23.9 Å². The number of esters is 4. The SMILES string of the molecule is O=C(O[C@H]1[C@H](OC(=O)c2cc(O)c(O)c(O)c2O)O[C@@H]2COC(=O)c3cc(O)c(O)c(O)c3-c3c(cc(O)c(O)c3O)C(=O)O[C@H]2[C@@H]1O)c1cc(O)c(O)c(O)c1. The molecule has 0 aromatic heterocycles.